The lowest BCUT2D eigenvalue weighted by atomic mass is 9.97. The number of phenols is 2. The van der Waals surface area contributed by atoms with E-state index in [1.165, 1.54) is 12.1 Å². The van der Waals surface area contributed by atoms with Gasteiger partial charge in [-0.3, -0.25) is 4.79 Å². The Morgan fingerprint density at radius 1 is 1.29 bits per heavy atom. The van der Waals surface area contributed by atoms with Crippen molar-refractivity contribution in [1.29, 1.82) is 0 Å². The van der Waals surface area contributed by atoms with Gasteiger partial charge in [0, 0.05) is 6.54 Å². The summed E-state index contributed by atoms with van der Waals surface area (Å²) in [6, 6.07) is 3.53. The second-order valence-corrected chi connectivity index (χ2v) is 5.28. The predicted octanol–water partition coefficient (Wildman–Crippen LogP) is 0.635. The highest BCUT2D eigenvalue weighted by atomic mass is 16.3. The Morgan fingerprint density at radius 3 is 2.43 bits per heavy atom. The van der Waals surface area contributed by atoms with E-state index in [1.54, 1.807) is 6.07 Å². The van der Waals surface area contributed by atoms with Gasteiger partial charge >= 0.3 is 0 Å². The highest BCUT2D eigenvalue weighted by Crippen LogP contribution is 2.25. The molecule has 0 heterocycles. The van der Waals surface area contributed by atoms with Gasteiger partial charge in [0.1, 0.15) is 0 Å². The van der Waals surface area contributed by atoms with Crippen LogP contribution in [0.2, 0.25) is 0 Å². The van der Waals surface area contributed by atoms with Crippen molar-refractivity contribution in [2.75, 3.05) is 6.54 Å². The Kier molecular flexibility index (Phi) is 5.99. The minimum Gasteiger partial charge on any atom is -0.504 e. The molecule has 1 amide bonds. The first-order valence-corrected chi connectivity index (χ1v) is 7.08. The molecule has 0 saturated carbocycles. The summed E-state index contributed by atoms with van der Waals surface area (Å²) in [6.45, 7) is 3.87. The summed E-state index contributed by atoms with van der Waals surface area (Å²) in [6.07, 6.45) is 1.33. The smallest absolute Gasteiger partial charge is 0.237 e. The first kappa shape index (κ1) is 17.3. The van der Waals surface area contributed by atoms with Crippen LogP contribution in [0.4, 0.5) is 0 Å². The number of phenolic OH excluding ortho intramolecular Hbond substituents is 2. The number of carbonyl (C=O) groups is 1. The van der Waals surface area contributed by atoms with Crippen LogP contribution in [0.3, 0.4) is 0 Å². The van der Waals surface area contributed by atoms with Crippen LogP contribution >= 0.6 is 0 Å². The Balaban J connectivity index is 2.56. The normalized spacial score (nSPS) is 13.0. The zero-order chi connectivity index (χ0) is 16.0. The number of aliphatic hydroxyl groups is 1. The quantitative estimate of drug-likeness (QED) is 0.473. The summed E-state index contributed by atoms with van der Waals surface area (Å²) in [5.74, 6) is -0.818. The van der Waals surface area contributed by atoms with E-state index in [9.17, 15) is 20.1 Å². The van der Waals surface area contributed by atoms with Crippen molar-refractivity contribution < 1.29 is 20.1 Å². The third-order valence-corrected chi connectivity index (χ3v) is 3.74. The van der Waals surface area contributed by atoms with E-state index in [4.69, 9.17) is 5.73 Å². The summed E-state index contributed by atoms with van der Waals surface area (Å²) in [5.41, 5.74) is 5.55. The Morgan fingerprint density at radius 2 is 1.90 bits per heavy atom. The van der Waals surface area contributed by atoms with Gasteiger partial charge in [-0.2, -0.15) is 0 Å². The maximum absolute atomic E-state index is 11.9. The van der Waals surface area contributed by atoms with Gasteiger partial charge in [0.2, 0.25) is 5.91 Å². The van der Waals surface area contributed by atoms with Crippen molar-refractivity contribution in [3.8, 4) is 11.5 Å². The van der Waals surface area contributed by atoms with E-state index in [1.807, 2.05) is 13.8 Å². The van der Waals surface area contributed by atoms with E-state index in [-0.39, 0.29) is 30.4 Å². The molecule has 118 valence electrons. The van der Waals surface area contributed by atoms with Gasteiger partial charge in [-0.25, -0.2) is 0 Å². The molecule has 1 aromatic rings. The molecule has 0 bridgehead atoms. The maximum atomic E-state index is 11.9. The van der Waals surface area contributed by atoms with Crippen LogP contribution < -0.4 is 11.1 Å². The fourth-order valence-electron chi connectivity index (χ4n) is 1.93. The van der Waals surface area contributed by atoms with Gasteiger partial charge in [-0.15, -0.1) is 0 Å². The molecule has 0 fully saturated rings. The van der Waals surface area contributed by atoms with Gasteiger partial charge in [-0.1, -0.05) is 19.9 Å². The van der Waals surface area contributed by atoms with Gasteiger partial charge in [0.25, 0.3) is 0 Å². The molecule has 6 nitrogen and oxygen atoms in total. The SMILES string of the molecule is CCC(O)(CC)CNC(=O)[C@@H](N)Cc1ccc(O)c(O)c1. The molecule has 1 atom stereocenters. The van der Waals surface area contributed by atoms with Crippen LogP contribution in [0.15, 0.2) is 18.2 Å². The van der Waals surface area contributed by atoms with Crippen molar-refractivity contribution in [2.45, 2.75) is 44.8 Å². The number of nitrogens with one attached hydrogen (secondary N) is 1. The number of rotatable bonds is 7. The largest absolute Gasteiger partial charge is 0.504 e. The van der Waals surface area contributed by atoms with Crippen molar-refractivity contribution in [1.82, 2.24) is 5.32 Å². The molecule has 0 saturated heterocycles. The fourth-order valence-corrected chi connectivity index (χ4v) is 1.93. The maximum Gasteiger partial charge on any atom is 0.237 e. The molecule has 6 heteroatoms. The zero-order valence-corrected chi connectivity index (χ0v) is 12.5. The first-order chi connectivity index (χ1) is 9.81. The summed E-state index contributed by atoms with van der Waals surface area (Å²) in [4.78, 5) is 11.9. The van der Waals surface area contributed by atoms with E-state index < -0.39 is 11.6 Å². The second kappa shape index (κ2) is 7.28. The topological polar surface area (TPSA) is 116 Å². The average Bonchev–Trinajstić information content (AvgIpc) is 2.48. The number of hydrogen-bond acceptors (Lipinski definition) is 5. The van der Waals surface area contributed by atoms with E-state index in [2.05, 4.69) is 5.32 Å². The van der Waals surface area contributed by atoms with Crippen LogP contribution in [0.5, 0.6) is 11.5 Å². The van der Waals surface area contributed by atoms with E-state index >= 15 is 0 Å². The van der Waals surface area contributed by atoms with Gasteiger partial charge in [0.15, 0.2) is 11.5 Å². The minimum atomic E-state index is -0.911. The number of nitrogens with two attached hydrogens (primary N) is 1. The number of hydrogen-bond donors (Lipinski definition) is 5. The molecule has 6 N–H and O–H groups in total. The number of carbonyl (C=O) groups excluding carboxylic acids is 1. The summed E-state index contributed by atoms with van der Waals surface area (Å²) < 4.78 is 0. The molecule has 0 aliphatic heterocycles. The standard InChI is InChI=1S/C15H24N2O4/c1-3-15(21,4-2)9-17-14(20)11(16)7-10-5-6-12(18)13(19)8-10/h5-6,8,11,18-19,21H,3-4,7,9,16H2,1-2H3,(H,17,20)/t11-/m0/s1. The van der Waals surface area contributed by atoms with Crippen LogP contribution in [0.1, 0.15) is 32.3 Å². The third kappa shape index (κ3) is 4.91. The molecule has 1 aromatic carbocycles. The average molecular weight is 296 g/mol. The Bertz CT molecular complexity index is 487. The van der Waals surface area contributed by atoms with Crippen molar-refractivity contribution in [3.63, 3.8) is 0 Å². The monoisotopic (exact) mass is 296 g/mol. The summed E-state index contributed by atoms with van der Waals surface area (Å²) >= 11 is 0. The molecule has 0 aliphatic rings. The van der Waals surface area contributed by atoms with Crippen LogP contribution in [0.25, 0.3) is 0 Å². The summed E-state index contributed by atoms with van der Waals surface area (Å²) in [5, 5.41) is 31.4. The Hall–Kier alpha value is -1.79. The first-order valence-electron chi connectivity index (χ1n) is 7.08. The summed E-state index contributed by atoms with van der Waals surface area (Å²) in [7, 11) is 0. The lowest BCUT2D eigenvalue weighted by molar-refractivity contribution is -0.123. The van der Waals surface area contributed by atoms with E-state index in [0.29, 0.717) is 18.4 Å². The van der Waals surface area contributed by atoms with Crippen molar-refractivity contribution >= 4 is 5.91 Å². The van der Waals surface area contributed by atoms with E-state index in [0.717, 1.165) is 0 Å². The third-order valence-electron chi connectivity index (χ3n) is 3.74. The molecule has 0 aromatic heterocycles. The predicted molar refractivity (Wildman–Crippen MR) is 80.0 cm³/mol. The van der Waals surface area contributed by atoms with Gasteiger partial charge in [0.05, 0.1) is 11.6 Å². The number of benzene rings is 1. The molecule has 21 heavy (non-hydrogen) atoms. The molecular formula is C15H24N2O4. The van der Waals surface area contributed by atoms with Gasteiger partial charge in [-0.05, 0) is 37.0 Å². The molecule has 0 aliphatic carbocycles. The molecule has 0 unspecified atom stereocenters. The lowest BCUT2D eigenvalue weighted by Gasteiger charge is -2.26. The number of amides is 1. The minimum absolute atomic E-state index is 0.160. The molecular weight excluding hydrogens is 272 g/mol. The highest BCUT2D eigenvalue weighted by Gasteiger charge is 2.24. The zero-order valence-electron chi connectivity index (χ0n) is 12.5. The van der Waals surface area contributed by atoms with Crippen LogP contribution in [-0.4, -0.2) is 39.4 Å². The number of aromatic hydroxyl groups is 2. The molecule has 0 radical (unpaired) electrons. The molecule has 1 rings (SSSR count). The fraction of sp³-hybridized carbons (Fsp3) is 0.533. The molecule has 0 spiro atoms. The van der Waals surface area contributed by atoms with Crippen LogP contribution in [0, 0.1) is 0 Å². The highest BCUT2D eigenvalue weighted by molar-refractivity contribution is 5.81. The van der Waals surface area contributed by atoms with Crippen LogP contribution in [-0.2, 0) is 11.2 Å². The van der Waals surface area contributed by atoms with Crippen molar-refractivity contribution in [3.05, 3.63) is 23.8 Å². The Labute approximate surface area is 124 Å². The van der Waals surface area contributed by atoms with Crippen molar-refractivity contribution in [2.24, 2.45) is 5.73 Å². The lowest BCUT2D eigenvalue weighted by Crippen LogP contribution is -2.48. The van der Waals surface area contributed by atoms with Gasteiger partial charge < -0.3 is 26.4 Å². The second-order valence-electron chi connectivity index (χ2n) is 5.28.